The monoisotopic (exact) mass is 241 g/mol. The van der Waals surface area contributed by atoms with Crippen molar-refractivity contribution >= 4 is 12.4 Å². The Balaban J connectivity index is 0.00000128. The molecule has 1 aliphatic rings. The highest BCUT2D eigenvalue weighted by molar-refractivity contribution is 5.85. The zero-order valence-electron chi connectivity index (χ0n) is 10.1. The van der Waals surface area contributed by atoms with E-state index in [1.54, 1.807) is 0 Å². The number of hydrogen-bond acceptors (Lipinski definition) is 2. The van der Waals surface area contributed by atoms with Crippen LogP contribution in [0.1, 0.15) is 30.5 Å². The quantitative estimate of drug-likeness (QED) is 0.864. The molecule has 0 radical (unpaired) electrons. The fraction of sp³-hybridized carbons (Fsp3) is 0.538. The standard InChI is InChI=1S/C13H19NO.ClH/c1-8(14)6-11-4-5-12-7-9(2)15-13(12)10(11)3;/h4-5,8-9H,6-7,14H2,1-3H3;1H. The average Bonchev–Trinajstić information content (AvgIpc) is 2.51. The lowest BCUT2D eigenvalue weighted by Gasteiger charge is -2.12. The molecule has 90 valence electrons. The molecular formula is C13H20ClNO. The fourth-order valence-corrected chi connectivity index (χ4v) is 2.23. The maximum atomic E-state index is 5.83. The number of hydrogen-bond donors (Lipinski definition) is 1. The first kappa shape index (κ1) is 13.3. The molecule has 0 bridgehead atoms. The zero-order valence-corrected chi connectivity index (χ0v) is 10.9. The van der Waals surface area contributed by atoms with Crippen LogP contribution in [0.2, 0.25) is 0 Å². The summed E-state index contributed by atoms with van der Waals surface area (Å²) in [5.41, 5.74) is 9.76. The van der Waals surface area contributed by atoms with Crippen LogP contribution in [0.3, 0.4) is 0 Å². The minimum absolute atomic E-state index is 0. The first-order valence-electron chi connectivity index (χ1n) is 5.61. The van der Waals surface area contributed by atoms with Crippen LogP contribution >= 0.6 is 12.4 Å². The smallest absolute Gasteiger partial charge is 0.126 e. The third kappa shape index (κ3) is 2.50. The van der Waals surface area contributed by atoms with Crippen LogP contribution in [0.25, 0.3) is 0 Å². The third-order valence-corrected chi connectivity index (χ3v) is 2.97. The Kier molecular flexibility index (Phi) is 4.22. The van der Waals surface area contributed by atoms with E-state index in [0.717, 1.165) is 18.6 Å². The van der Waals surface area contributed by atoms with Gasteiger partial charge in [-0.1, -0.05) is 12.1 Å². The molecule has 2 atom stereocenters. The summed E-state index contributed by atoms with van der Waals surface area (Å²) in [6, 6.07) is 4.59. The topological polar surface area (TPSA) is 35.2 Å². The highest BCUT2D eigenvalue weighted by Crippen LogP contribution is 2.34. The summed E-state index contributed by atoms with van der Waals surface area (Å²) in [4.78, 5) is 0. The summed E-state index contributed by atoms with van der Waals surface area (Å²) in [5.74, 6) is 1.10. The second-order valence-electron chi connectivity index (χ2n) is 4.65. The molecule has 0 saturated carbocycles. The number of rotatable bonds is 2. The SMILES string of the molecule is Cc1c(CC(C)N)ccc2c1OC(C)C2.Cl. The largest absolute Gasteiger partial charge is 0.490 e. The molecule has 0 amide bonds. The maximum absolute atomic E-state index is 5.83. The van der Waals surface area contributed by atoms with Crippen molar-refractivity contribution in [3.63, 3.8) is 0 Å². The highest BCUT2D eigenvalue weighted by Gasteiger charge is 2.22. The molecule has 0 spiro atoms. The molecule has 0 saturated heterocycles. The van der Waals surface area contributed by atoms with Gasteiger partial charge in [-0.25, -0.2) is 0 Å². The van der Waals surface area contributed by atoms with Gasteiger partial charge in [0.25, 0.3) is 0 Å². The molecule has 1 heterocycles. The Hall–Kier alpha value is -0.730. The van der Waals surface area contributed by atoms with Gasteiger partial charge in [-0.2, -0.15) is 0 Å². The van der Waals surface area contributed by atoms with E-state index in [1.165, 1.54) is 16.7 Å². The summed E-state index contributed by atoms with van der Waals surface area (Å²) in [5, 5.41) is 0. The number of nitrogens with two attached hydrogens (primary N) is 1. The van der Waals surface area contributed by atoms with Gasteiger partial charge >= 0.3 is 0 Å². The summed E-state index contributed by atoms with van der Waals surface area (Å²) in [7, 11) is 0. The molecule has 2 N–H and O–H groups in total. The van der Waals surface area contributed by atoms with E-state index < -0.39 is 0 Å². The lowest BCUT2D eigenvalue weighted by molar-refractivity contribution is 0.253. The average molecular weight is 242 g/mol. The molecule has 2 unspecified atom stereocenters. The Morgan fingerprint density at radius 3 is 2.81 bits per heavy atom. The fourth-order valence-electron chi connectivity index (χ4n) is 2.23. The van der Waals surface area contributed by atoms with Crippen molar-refractivity contribution in [2.45, 2.75) is 45.8 Å². The highest BCUT2D eigenvalue weighted by atomic mass is 35.5. The summed E-state index contributed by atoms with van der Waals surface area (Å²) in [6.45, 7) is 6.29. The van der Waals surface area contributed by atoms with Gasteiger partial charge in [0.2, 0.25) is 0 Å². The van der Waals surface area contributed by atoms with E-state index in [1.807, 2.05) is 6.92 Å². The van der Waals surface area contributed by atoms with E-state index in [-0.39, 0.29) is 18.4 Å². The van der Waals surface area contributed by atoms with Crippen molar-refractivity contribution in [2.24, 2.45) is 5.73 Å². The van der Waals surface area contributed by atoms with Crippen LogP contribution in [-0.4, -0.2) is 12.1 Å². The van der Waals surface area contributed by atoms with E-state index in [2.05, 4.69) is 26.0 Å². The second-order valence-corrected chi connectivity index (χ2v) is 4.65. The first-order valence-corrected chi connectivity index (χ1v) is 5.61. The second kappa shape index (κ2) is 5.07. The first-order chi connectivity index (χ1) is 7.08. The lowest BCUT2D eigenvalue weighted by Crippen LogP contribution is -2.18. The molecule has 2 rings (SSSR count). The Labute approximate surface area is 104 Å². The van der Waals surface area contributed by atoms with Gasteiger partial charge in [0.05, 0.1) is 0 Å². The van der Waals surface area contributed by atoms with Gasteiger partial charge < -0.3 is 10.5 Å². The van der Waals surface area contributed by atoms with Crippen LogP contribution in [0.15, 0.2) is 12.1 Å². The van der Waals surface area contributed by atoms with Crippen LogP contribution in [0.4, 0.5) is 0 Å². The van der Waals surface area contributed by atoms with E-state index in [0.29, 0.717) is 6.10 Å². The molecule has 0 aliphatic carbocycles. The summed E-state index contributed by atoms with van der Waals surface area (Å²) >= 11 is 0. The normalized spacial score (nSPS) is 19.6. The third-order valence-electron chi connectivity index (χ3n) is 2.97. The van der Waals surface area contributed by atoms with Gasteiger partial charge in [0, 0.05) is 12.5 Å². The van der Waals surface area contributed by atoms with E-state index >= 15 is 0 Å². The number of halogens is 1. The molecule has 0 fully saturated rings. The zero-order chi connectivity index (χ0) is 11.0. The van der Waals surface area contributed by atoms with Crippen molar-refractivity contribution in [3.8, 4) is 5.75 Å². The van der Waals surface area contributed by atoms with E-state index in [9.17, 15) is 0 Å². The van der Waals surface area contributed by atoms with Crippen molar-refractivity contribution in [1.29, 1.82) is 0 Å². The van der Waals surface area contributed by atoms with Crippen molar-refractivity contribution in [2.75, 3.05) is 0 Å². The summed E-state index contributed by atoms with van der Waals surface area (Å²) < 4.78 is 5.82. The molecule has 1 aromatic carbocycles. The molecular weight excluding hydrogens is 222 g/mol. The van der Waals surface area contributed by atoms with Crippen molar-refractivity contribution in [3.05, 3.63) is 28.8 Å². The molecule has 3 heteroatoms. The van der Waals surface area contributed by atoms with E-state index in [4.69, 9.17) is 10.5 Å². The van der Waals surface area contributed by atoms with Crippen LogP contribution in [0, 0.1) is 6.92 Å². The minimum Gasteiger partial charge on any atom is -0.490 e. The number of ether oxygens (including phenoxy) is 1. The lowest BCUT2D eigenvalue weighted by atomic mass is 9.98. The Bertz CT molecular complexity index is 376. The summed E-state index contributed by atoms with van der Waals surface area (Å²) in [6.07, 6.45) is 2.29. The molecule has 16 heavy (non-hydrogen) atoms. The van der Waals surface area contributed by atoms with Crippen LogP contribution in [0.5, 0.6) is 5.75 Å². The van der Waals surface area contributed by atoms with Crippen molar-refractivity contribution in [1.82, 2.24) is 0 Å². The molecule has 0 aromatic heterocycles. The van der Waals surface area contributed by atoms with Gasteiger partial charge in [0.15, 0.2) is 0 Å². The van der Waals surface area contributed by atoms with Crippen LogP contribution < -0.4 is 10.5 Å². The number of fused-ring (bicyclic) bond motifs is 1. The number of benzene rings is 1. The predicted molar refractivity (Wildman–Crippen MR) is 69.6 cm³/mol. The van der Waals surface area contributed by atoms with Crippen molar-refractivity contribution < 1.29 is 4.74 Å². The molecule has 1 aliphatic heterocycles. The van der Waals surface area contributed by atoms with Gasteiger partial charge in [-0.05, 0) is 43.9 Å². The van der Waals surface area contributed by atoms with Gasteiger partial charge in [0.1, 0.15) is 11.9 Å². The van der Waals surface area contributed by atoms with Gasteiger partial charge in [-0.3, -0.25) is 0 Å². The molecule has 2 nitrogen and oxygen atoms in total. The Morgan fingerprint density at radius 1 is 1.50 bits per heavy atom. The minimum atomic E-state index is 0. The predicted octanol–water partition coefficient (Wildman–Crippen LogP) is 2.63. The Morgan fingerprint density at radius 2 is 2.19 bits per heavy atom. The maximum Gasteiger partial charge on any atom is 0.126 e. The van der Waals surface area contributed by atoms with Gasteiger partial charge in [-0.15, -0.1) is 12.4 Å². The van der Waals surface area contributed by atoms with Crippen LogP contribution in [-0.2, 0) is 12.8 Å². The molecule has 1 aromatic rings.